The Morgan fingerprint density at radius 2 is 1.93 bits per heavy atom. The highest BCUT2D eigenvalue weighted by Gasteiger charge is 2.29. The van der Waals surface area contributed by atoms with Crippen LogP contribution in [0.15, 0.2) is 6.20 Å². The van der Waals surface area contributed by atoms with Crippen LogP contribution in [0.2, 0.25) is 0 Å². The minimum Gasteiger partial charge on any atom is -0.444 e. The molecule has 0 spiro atoms. The highest BCUT2D eigenvalue weighted by atomic mass is 16.6. The van der Waals surface area contributed by atoms with Crippen molar-refractivity contribution in [3.8, 4) is 0 Å². The zero-order valence-corrected chi connectivity index (χ0v) is 19.8. The van der Waals surface area contributed by atoms with Crippen LogP contribution in [-0.4, -0.2) is 58.6 Å². The Hall–Kier alpha value is -1.60. The zero-order valence-electron chi connectivity index (χ0n) is 19.8. The lowest BCUT2D eigenvalue weighted by Gasteiger charge is -2.33. The van der Waals surface area contributed by atoms with E-state index in [-0.39, 0.29) is 18.1 Å². The minimum atomic E-state index is -0.475. The number of carbonyl (C=O) groups is 1. The van der Waals surface area contributed by atoms with Gasteiger partial charge in [0.1, 0.15) is 5.60 Å². The molecule has 172 valence electrons. The van der Waals surface area contributed by atoms with E-state index in [1.54, 1.807) is 11.9 Å². The zero-order chi connectivity index (χ0) is 22.4. The standard InChI is InChI=1S/C23H42N4O3/c1-22(2,3)30-21(29)27(6)12-11-24-14-19-15-25-26-20(19)18-9-7-17(8-10-18)13-23(4,5)16-28/h15,17-18,24,28H,7-14,16H2,1-6H3,(H,25,26). The summed E-state index contributed by atoms with van der Waals surface area (Å²) in [4.78, 5) is 13.6. The molecular weight excluding hydrogens is 380 g/mol. The molecule has 0 bridgehead atoms. The van der Waals surface area contributed by atoms with E-state index >= 15 is 0 Å². The van der Waals surface area contributed by atoms with Crippen molar-refractivity contribution < 1.29 is 14.6 Å². The van der Waals surface area contributed by atoms with E-state index < -0.39 is 5.60 Å². The van der Waals surface area contributed by atoms with Gasteiger partial charge in [0, 0.05) is 50.5 Å². The van der Waals surface area contributed by atoms with Crippen LogP contribution in [0.4, 0.5) is 4.79 Å². The molecular formula is C23H42N4O3. The van der Waals surface area contributed by atoms with Crippen molar-refractivity contribution in [1.29, 1.82) is 0 Å². The first-order valence-corrected chi connectivity index (χ1v) is 11.3. The van der Waals surface area contributed by atoms with Crippen molar-refractivity contribution in [2.45, 2.75) is 84.8 Å². The number of likely N-dealkylation sites (N-methyl/N-ethyl adjacent to an activating group) is 1. The molecule has 7 nitrogen and oxygen atoms in total. The van der Waals surface area contributed by atoms with Crippen molar-refractivity contribution in [1.82, 2.24) is 20.4 Å². The smallest absolute Gasteiger partial charge is 0.410 e. The molecule has 1 amide bonds. The van der Waals surface area contributed by atoms with Crippen LogP contribution < -0.4 is 5.32 Å². The van der Waals surface area contributed by atoms with Crippen LogP contribution in [0.5, 0.6) is 0 Å². The molecule has 0 radical (unpaired) electrons. The number of ether oxygens (including phenoxy) is 1. The molecule has 1 aliphatic rings. The van der Waals surface area contributed by atoms with Crippen LogP contribution >= 0.6 is 0 Å². The second-order valence-electron chi connectivity index (χ2n) is 10.6. The molecule has 0 atom stereocenters. The number of nitrogens with one attached hydrogen (secondary N) is 2. The lowest BCUT2D eigenvalue weighted by Crippen LogP contribution is -2.37. The Morgan fingerprint density at radius 3 is 2.53 bits per heavy atom. The fraction of sp³-hybridized carbons (Fsp3) is 0.826. The predicted molar refractivity (Wildman–Crippen MR) is 119 cm³/mol. The topological polar surface area (TPSA) is 90.5 Å². The summed E-state index contributed by atoms with van der Waals surface area (Å²) < 4.78 is 5.38. The van der Waals surface area contributed by atoms with Gasteiger partial charge in [0.05, 0.1) is 6.20 Å². The van der Waals surface area contributed by atoms with Crippen molar-refractivity contribution in [3.05, 3.63) is 17.5 Å². The van der Waals surface area contributed by atoms with Gasteiger partial charge in [-0.2, -0.15) is 5.10 Å². The molecule has 1 aromatic heterocycles. The highest BCUT2D eigenvalue weighted by Crippen LogP contribution is 2.40. The summed E-state index contributed by atoms with van der Waals surface area (Å²) in [5.74, 6) is 1.23. The number of carbonyl (C=O) groups excluding carboxylic acids is 1. The second kappa shape index (κ2) is 10.6. The van der Waals surface area contributed by atoms with E-state index in [0.29, 0.717) is 24.9 Å². The van der Waals surface area contributed by atoms with Gasteiger partial charge < -0.3 is 20.1 Å². The summed E-state index contributed by atoms with van der Waals surface area (Å²) in [5, 5.41) is 20.5. The molecule has 1 fully saturated rings. The number of nitrogens with zero attached hydrogens (tertiary/aromatic N) is 2. The quantitative estimate of drug-likeness (QED) is 0.522. The van der Waals surface area contributed by atoms with Crippen molar-refractivity contribution >= 4 is 6.09 Å². The van der Waals surface area contributed by atoms with Gasteiger partial charge >= 0.3 is 6.09 Å². The first-order chi connectivity index (χ1) is 14.0. The number of H-pyrrole nitrogens is 1. The summed E-state index contributed by atoms with van der Waals surface area (Å²) in [5.41, 5.74) is 2.02. The fourth-order valence-electron chi connectivity index (χ4n) is 4.22. The Labute approximate surface area is 182 Å². The number of rotatable bonds is 9. The molecule has 0 aliphatic heterocycles. The third kappa shape index (κ3) is 7.91. The van der Waals surface area contributed by atoms with E-state index in [0.717, 1.165) is 13.0 Å². The SMILES string of the molecule is CN(CCNCc1cn[nH]c1C1CCC(CC(C)(C)CO)CC1)C(=O)OC(C)(C)C. The van der Waals surface area contributed by atoms with Gasteiger partial charge in [0.25, 0.3) is 0 Å². The summed E-state index contributed by atoms with van der Waals surface area (Å²) in [6, 6.07) is 0. The van der Waals surface area contributed by atoms with Crippen LogP contribution in [0, 0.1) is 11.3 Å². The van der Waals surface area contributed by atoms with Crippen LogP contribution in [0.3, 0.4) is 0 Å². The molecule has 2 rings (SSSR count). The van der Waals surface area contributed by atoms with Gasteiger partial charge in [0.2, 0.25) is 0 Å². The summed E-state index contributed by atoms with van der Waals surface area (Å²) in [6.45, 7) is 12.2. The number of amides is 1. The Kier molecular flexibility index (Phi) is 8.73. The average molecular weight is 423 g/mol. The third-order valence-corrected chi connectivity index (χ3v) is 5.92. The molecule has 30 heavy (non-hydrogen) atoms. The number of aliphatic hydroxyl groups is 1. The molecule has 0 unspecified atom stereocenters. The molecule has 0 aromatic carbocycles. The van der Waals surface area contributed by atoms with E-state index in [9.17, 15) is 9.90 Å². The number of hydrogen-bond acceptors (Lipinski definition) is 5. The highest BCUT2D eigenvalue weighted by molar-refractivity contribution is 5.67. The monoisotopic (exact) mass is 422 g/mol. The predicted octanol–water partition coefficient (Wildman–Crippen LogP) is 4.05. The van der Waals surface area contributed by atoms with Crippen molar-refractivity contribution in [2.75, 3.05) is 26.7 Å². The van der Waals surface area contributed by atoms with Crippen LogP contribution in [0.1, 0.15) is 83.9 Å². The number of aliphatic hydroxyl groups excluding tert-OH is 1. The van der Waals surface area contributed by atoms with E-state index in [2.05, 4.69) is 29.4 Å². The lowest BCUT2D eigenvalue weighted by atomic mass is 9.73. The largest absolute Gasteiger partial charge is 0.444 e. The number of aromatic nitrogens is 2. The van der Waals surface area contributed by atoms with Crippen LogP contribution in [0.25, 0.3) is 0 Å². The summed E-state index contributed by atoms with van der Waals surface area (Å²) >= 11 is 0. The van der Waals surface area contributed by atoms with Crippen molar-refractivity contribution in [3.63, 3.8) is 0 Å². The molecule has 1 aromatic rings. The van der Waals surface area contributed by atoms with E-state index in [4.69, 9.17) is 4.74 Å². The normalized spacial score (nSPS) is 20.2. The molecule has 1 heterocycles. The van der Waals surface area contributed by atoms with E-state index in [1.165, 1.54) is 36.9 Å². The second-order valence-corrected chi connectivity index (χ2v) is 10.6. The summed E-state index contributed by atoms with van der Waals surface area (Å²) in [7, 11) is 1.76. The van der Waals surface area contributed by atoms with Gasteiger partial charge in [-0.3, -0.25) is 5.10 Å². The molecule has 3 N–H and O–H groups in total. The Morgan fingerprint density at radius 1 is 1.27 bits per heavy atom. The maximum atomic E-state index is 12.0. The number of aromatic amines is 1. The molecule has 0 saturated heterocycles. The van der Waals surface area contributed by atoms with Gasteiger partial charge in [0.15, 0.2) is 0 Å². The molecule has 1 saturated carbocycles. The molecule has 7 heteroatoms. The minimum absolute atomic E-state index is 0.0209. The maximum Gasteiger partial charge on any atom is 0.410 e. The first kappa shape index (κ1) is 24.7. The maximum absolute atomic E-state index is 12.0. The fourth-order valence-corrected chi connectivity index (χ4v) is 4.22. The number of hydrogen-bond donors (Lipinski definition) is 3. The van der Waals surface area contributed by atoms with Crippen LogP contribution in [-0.2, 0) is 11.3 Å². The third-order valence-electron chi connectivity index (χ3n) is 5.92. The lowest BCUT2D eigenvalue weighted by molar-refractivity contribution is 0.0300. The average Bonchev–Trinajstić information content (AvgIpc) is 3.12. The van der Waals surface area contributed by atoms with Crippen molar-refractivity contribution in [2.24, 2.45) is 11.3 Å². The first-order valence-electron chi connectivity index (χ1n) is 11.3. The Bertz CT molecular complexity index is 658. The van der Waals surface area contributed by atoms with Gasteiger partial charge in [-0.05, 0) is 64.2 Å². The van der Waals surface area contributed by atoms with Gasteiger partial charge in [-0.1, -0.05) is 13.8 Å². The van der Waals surface area contributed by atoms with Gasteiger partial charge in [-0.25, -0.2) is 4.79 Å². The van der Waals surface area contributed by atoms with Gasteiger partial charge in [-0.15, -0.1) is 0 Å². The molecule has 1 aliphatic carbocycles. The summed E-state index contributed by atoms with van der Waals surface area (Å²) in [6.07, 6.45) is 7.47. The Balaban J connectivity index is 1.75. The van der Waals surface area contributed by atoms with E-state index in [1.807, 2.05) is 27.0 Å².